The zero-order chi connectivity index (χ0) is 30.9. The molecule has 3 amide bonds. The van der Waals surface area contributed by atoms with Crippen LogP contribution in [0.1, 0.15) is 41.4 Å². The summed E-state index contributed by atoms with van der Waals surface area (Å²) in [4.78, 5) is 42.1. The quantitative estimate of drug-likeness (QED) is 0.226. The molecule has 9 nitrogen and oxygen atoms in total. The molecule has 0 aromatic heterocycles. The number of amides is 3. The maximum atomic E-state index is 14.1. The van der Waals surface area contributed by atoms with E-state index >= 15 is 0 Å². The summed E-state index contributed by atoms with van der Waals surface area (Å²) < 4.78 is 12.0. The van der Waals surface area contributed by atoms with Crippen LogP contribution in [0.4, 0.5) is 16.2 Å². The van der Waals surface area contributed by atoms with Gasteiger partial charge in [0.2, 0.25) is 0 Å². The van der Waals surface area contributed by atoms with Crippen molar-refractivity contribution in [2.45, 2.75) is 26.2 Å². The summed E-state index contributed by atoms with van der Waals surface area (Å²) in [6.45, 7) is 5.19. The number of carbonyl (C=O) groups excluding carboxylic acids is 3. The lowest BCUT2D eigenvalue weighted by atomic mass is 10.0. The molecule has 0 aliphatic carbocycles. The van der Waals surface area contributed by atoms with Gasteiger partial charge < -0.3 is 25.0 Å². The van der Waals surface area contributed by atoms with Crippen molar-refractivity contribution in [3.8, 4) is 5.75 Å². The molecule has 1 unspecified atom stereocenters. The first kappa shape index (κ1) is 30.3. The number of nitrogens with zero attached hydrogens (tertiary/aromatic N) is 2. The lowest BCUT2D eigenvalue weighted by Crippen LogP contribution is -2.52. The van der Waals surface area contributed by atoms with Crippen molar-refractivity contribution in [3.05, 3.63) is 126 Å². The summed E-state index contributed by atoms with van der Waals surface area (Å²) in [5.41, 5.74) is 3.31. The second-order valence-corrected chi connectivity index (χ2v) is 10.5. The Balaban J connectivity index is 1.42. The Morgan fingerprint density at radius 1 is 0.705 bits per heavy atom. The van der Waals surface area contributed by atoms with Crippen LogP contribution in [0, 0.1) is 0 Å². The van der Waals surface area contributed by atoms with E-state index in [1.54, 1.807) is 35.2 Å². The van der Waals surface area contributed by atoms with Crippen LogP contribution in [0.2, 0.25) is 0 Å². The van der Waals surface area contributed by atoms with E-state index in [2.05, 4.69) is 10.6 Å². The van der Waals surface area contributed by atoms with Gasteiger partial charge in [-0.15, -0.1) is 0 Å². The van der Waals surface area contributed by atoms with Crippen molar-refractivity contribution in [1.82, 2.24) is 9.80 Å². The van der Waals surface area contributed by atoms with Gasteiger partial charge in [-0.1, -0.05) is 78.9 Å². The maximum absolute atomic E-state index is 14.1. The van der Waals surface area contributed by atoms with Crippen LogP contribution >= 0.6 is 0 Å². The first-order valence-electron chi connectivity index (χ1n) is 14.6. The van der Waals surface area contributed by atoms with Gasteiger partial charge in [0.25, 0.3) is 5.91 Å². The minimum Gasteiger partial charge on any atom is -0.480 e. The van der Waals surface area contributed by atoms with E-state index in [-0.39, 0.29) is 18.1 Å². The molecule has 4 aromatic rings. The van der Waals surface area contributed by atoms with E-state index in [1.165, 1.54) is 6.92 Å². The predicted octanol–water partition coefficient (Wildman–Crippen LogP) is 6.17. The Morgan fingerprint density at radius 2 is 1.25 bits per heavy atom. The summed E-state index contributed by atoms with van der Waals surface area (Å²) in [7, 11) is 0. The van der Waals surface area contributed by atoms with Crippen molar-refractivity contribution in [2.75, 3.05) is 36.8 Å². The molecule has 2 N–H and O–H groups in total. The van der Waals surface area contributed by atoms with Gasteiger partial charge >= 0.3 is 12.0 Å². The number of ether oxygens (including phenoxy) is 2. The molecule has 1 aliphatic rings. The number of esters is 1. The monoisotopic (exact) mass is 592 g/mol. The largest absolute Gasteiger partial charge is 0.480 e. The predicted molar refractivity (Wildman–Crippen MR) is 170 cm³/mol. The molecule has 0 spiro atoms. The normalized spacial score (nSPS) is 14.0. The van der Waals surface area contributed by atoms with E-state index in [0.717, 1.165) is 11.1 Å². The minimum atomic E-state index is -0.467. The Kier molecular flexibility index (Phi) is 9.89. The molecule has 226 valence electrons. The molecule has 1 aliphatic heterocycles. The highest BCUT2D eigenvalue weighted by Gasteiger charge is 2.29. The number of benzene rings is 4. The van der Waals surface area contributed by atoms with Crippen LogP contribution in [0.25, 0.3) is 0 Å². The number of nitrogens with one attached hydrogen (secondary N) is 2. The number of rotatable bonds is 9. The summed E-state index contributed by atoms with van der Waals surface area (Å²) in [5, 5.41) is 5.64. The Morgan fingerprint density at radius 3 is 1.82 bits per heavy atom. The molecule has 4 aromatic carbocycles. The summed E-state index contributed by atoms with van der Waals surface area (Å²) in [6.07, 6.45) is -0.845. The third-order valence-electron chi connectivity index (χ3n) is 7.40. The van der Waals surface area contributed by atoms with Crippen LogP contribution < -0.4 is 15.4 Å². The summed E-state index contributed by atoms with van der Waals surface area (Å²) >= 11 is 0. The molecular formula is C35H36N4O5. The first-order valence-corrected chi connectivity index (χ1v) is 14.6. The number of para-hydroxylation sites is 1. The molecule has 9 heteroatoms. The highest BCUT2D eigenvalue weighted by atomic mass is 16.6. The van der Waals surface area contributed by atoms with E-state index in [4.69, 9.17) is 9.47 Å². The standard InChI is InChI=1S/C35H36N4O5/c1-25(43-26(2)40)38-20-22-39(23-21-38)34(41)31-24-30(37-35(42)36-29-16-10-5-11-17-29)18-19-32(31)44-33(27-12-6-3-7-13-27)28-14-8-4-9-15-28/h3-19,24-25,33H,20-23H2,1-2H3,(H2,36,37,42). The third kappa shape index (κ3) is 7.81. The van der Waals surface area contributed by atoms with E-state index in [0.29, 0.717) is 48.9 Å². The number of piperazine rings is 1. The summed E-state index contributed by atoms with van der Waals surface area (Å²) in [5.74, 6) is -0.158. The number of hydrogen-bond donors (Lipinski definition) is 2. The lowest BCUT2D eigenvalue weighted by Gasteiger charge is -2.37. The molecule has 44 heavy (non-hydrogen) atoms. The number of anilines is 2. The number of urea groups is 1. The average Bonchev–Trinajstić information content (AvgIpc) is 3.04. The fraction of sp³-hybridized carbons (Fsp3) is 0.229. The fourth-order valence-electron chi connectivity index (χ4n) is 5.18. The van der Waals surface area contributed by atoms with Crippen LogP contribution in [0.15, 0.2) is 109 Å². The highest BCUT2D eigenvalue weighted by Crippen LogP contribution is 2.33. The third-order valence-corrected chi connectivity index (χ3v) is 7.40. The second-order valence-electron chi connectivity index (χ2n) is 10.5. The fourth-order valence-corrected chi connectivity index (χ4v) is 5.18. The van der Waals surface area contributed by atoms with E-state index < -0.39 is 12.1 Å². The van der Waals surface area contributed by atoms with Gasteiger partial charge in [-0.3, -0.25) is 14.5 Å². The molecule has 0 saturated carbocycles. The van der Waals surface area contributed by atoms with E-state index in [9.17, 15) is 14.4 Å². The van der Waals surface area contributed by atoms with Gasteiger partial charge in [0.15, 0.2) is 6.23 Å². The average molecular weight is 593 g/mol. The van der Waals surface area contributed by atoms with Crippen LogP contribution in [0.5, 0.6) is 5.75 Å². The molecule has 0 bridgehead atoms. The molecule has 1 fully saturated rings. The smallest absolute Gasteiger partial charge is 0.323 e. The molecule has 1 heterocycles. The SMILES string of the molecule is CC(=O)OC(C)N1CCN(C(=O)c2cc(NC(=O)Nc3ccccc3)ccc2OC(c2ccccc2)c2ccccc2)CC1. The first-order chi connectivity index (χ1) is 21.4. The molecule has 5 rings (SSSR count). The molecule has 1 atom stereocenters. The minimum absolute atomic E-state index is 0.216. The van der Waals surface area contributed by atoms with Crippen molar-refractivity contribution in [1.29, 1.82) is 0 Å². The Labute approximate surface area is 257 Å². The van der Waals surface area contributed by atoms with Crippen LogP contribution in [-0.2, 0) is 9.53 Å². The van der Waals surface area contributed by atoms with E-state index in [1.807, 2.05) is 90.7 Å². The second kappa shape index (κ2) is 14.3. The van der Waals surface area contributed by atoms with Gasteiger partial charge in [-0.25, -0.2) is 4.79 Å². The van der Waals surface area contributed by atoms with Gasteiger partial charge in [0.05, 0.1) is 5.56 Å². The molecular weight excluding hydrogens is 556 g/mol. The van der Waals surface area contributed by atoms with Crippen molar-refractivity contribution in [3.63, 3.8) is 0 Å². The number of hydrogen-bond acceptors (Lipinski definition) is 6. The summed E-state index contributed by atoms with van der Waals surface area (Å²) in [6, 6.07) is 33.5. The highest BCUT2D eigenvalue weighted by molar-refractivity contribution is 6.02. The zero-order valence-electron chi connectivity index (χ0n) is 24.8. The van der Waals surface area contributed by atoms with Gasteiger partial charge in [-0.2, -0.15) is 0 Å². The number of carbonyl (C=O) groups is 3. The topological polar surface area (TPSA) is 100 Å². The Hall–Kier alpha value is -5.15. The van der Waals surface area contributed by atoms with Crippen LogP contribution in [-0.4, -0.2) is 60.1 Å². The maximum Gasteiger partial charge on any atom is 0.323 e. The zero-order valence-corrected chi connectivity index (χ0v) is 24.8. The Bertz CT molecular complexity index is 1520. The van der Waals surface area contributed by atoms with Crippen LogP contribution in [0.3, 0.4) is 0 Å². The lowest BCUT2D eigenvalue weighted by molar-refractivity contribution is -0.156. The molecule has 1 saturated heterocycles. The van der Waals surface area contributed by atoms with Gasteiger partial charge in [0, 0.05) is 44.5 Å². The van der Waals surface area contributed by atoms with Gasteiger partial charge in [0.1, 0.15) is 11.9 Å². The van der Waals surface area contributed by atoms with Gasteiger partial charge in [-0.05, 0) is 48.4 Å². The van der Waals surface area contributed by atoms with Crippen molar-refractivity contribution in [2.24, 2.45) is 0 Å². The molecule has 0 radical (unpaired) electrons. The van der Waals surface area contributed by atoms with Crippen molar-refractivity contribution >= 4 is 29.3 Å². The van der Waals surface area contributed by atoms with Crippen molar-refractivity contribution < 1.29 is 23.9 Å².